The maximum atomic E-state index is 13.1. The molecule has 0 bridgehead atoms. The van der Waals surface area contributed by atoms with E-state index in [4.69, 9.17) is 4.42 Å². The molecule has 2 aromatic carbocycles. The fraction of sp³-hybridized carbons (Fsp3) is 0.130. The van der Waals surface area contributed by atoms with Gasteiger partial charge >= 0.3 is 0 Å². The van der Waals surface area contributed by atoms with Crippen molar-refractivity contribution in [2.45, 2.75) is 12.1 Å². The van der Waals surface area contributed by atoms with Gasteiger partial charge in [-0.25, -0.2) is 0 Å². The molecule has 2 aliphatic heterocycles. The van der Waals surface area contributed by atoms with E-state index < -0.39 is 0 Å². The second-order valence-corrected chi connectivity index (χ2v) is 7.03. The van der Waals surface area contributed by atoms with Gasteiger partial charge in [0.05, 0.1) is 24.6 Å². The lowest BCUT2D eigenvalue weighted by Crippen LogP contribution is -2.46. The van der Waals surface area contributed by atoms with E-state index in [9.17, 15) is 10.1 Å². The van der Waals surface area contributed by atoms with Crippen molar-refractivity contribution in [2.24, 2.45) is 0 Å². The first-order valence-electron chi connectivity index (χ1n) is 9.09. The Morgan fingerprint density at radius 3 is 2.54 bits per heavy atom. The predicted octanol–water partition coefficient (Wildman–Crippen LogP) is 4.30. The van der Waals surface area contributed by atoms with Gasteiger partial charge in [0.1, 0.15) is 11.6 Å². The second kappa shape index (κ2) is 6.14. The number of likely N-dealkylation sites (N-methyl/N-ethyl adjacent to an activating group) is 1. The summed E-state index contributed by atoms with van der Waals surface area (Å²) in [5.41, 5.74) is 5.13. The molecule has 0 N–H and O–H groups in total. The third kappa shape index (κ3) is 2.28. The maximum absolute atomic E-state index is 13.1. The summed E-state index contributed by atoms with van der Waals surface area (Å²) in [5, 5.41) is 9.52. The zero-order chi connectivity index (χ0) is 19.3. The van der Waals surface area contributed by atoms with E-state index in [0.717, 1.165) is 28.1 Å². The molecule has 5 heteroatoms. The summed E-state index contributed by atoms with van der Waals surface area (Å²) in [4.78, 5) is 17.0. The van der Waals surface area contributed by atoms with Crippen molar-refractivity contribution in [3.8, 4) is 17.2 Å². The average molecular weight is 367 g/mol. The Morgan fingerprint density at radius 2 is 1.82 bits per heavy atom. The summed E-state index contributed by atoms with van der Waals surface area (Å²) in [6, 6.07) is 19.6. The number of rotatable bonds is 2. The number of anilines is 2. The molecule has 0 saturated carbocycles. The molecule has 5 rings (SSSR count). The van der Waals surface area contributed by atoms with Gasteiger partial charge in [0.15, 0.2) is 0 Å². The molecule has 1 amide bonds. The molecule has 0 radical (unpaired) electrons. The highest BCUT2D eigenvalue weighted by molar-refractivity contribution is 6.10. The van der Waals surface area contributed by atoms with E-state index in [0.29, 0.717) is 0 Å². The zero-order valence-corrected chi connectivity index (χ0v) is 15.2. The highest BCUT2D eigenvalue weighted by atomic mass is 16.3. The van der Waals surface area contributed by atoms with Crippen molar-refractivity contribution >= 4 is 17.3 Å². The van der Waals surface area contributed by atoms with Crippen LogP contribution in [0.1, 0.15) is 11.6 Å². The first-order chi connectivity index (χ1) is 13.7. The van der Waals surface area contributed by atoms with Crippen molar-refractivity contribution in [2.75, 3.05) is 16.8 Å². The summed E-state index contributed by atoms with van der Waals surface area (Å²) in [6.07, 6.45) is 5.12. The largest absolute Gasteiger partial charge is 0.472 e. The lowest BCUT2D eigenvalue weighted by atomic mass is 9.93. The van der Waals surface area contributed by atoms with Crippen LogP contribution in [-0.4, -0.2) is 19.0 Å². The van der Waals surface area contributed by atoms with Crippen LogP contribution in [0.3, 0.4) is 0 Å². The molecule has 0 aliphatic carbocycles. The number of carbonyl (C=O) groups is 1. The highest BCUT2D eigenvalue weighted by Crippen LogP contribution is 2.47. The van der Waals surface area contributed by atoms with E-state index >= 15 is 0 Å². The number of nitrogens with zero attached hydrogens (tertiary/aromatic N) is 3. The Kier molecular flexibility index (Phi) is 3.59. The van der Waals surface area contributed by atoms with Crippen molar-refractivity contribution < 1.29 is 9.21 Å². The highest BCUT2D eigenvalue weighted by Gasteiger charge is 2.45. The smallest absolute Gasteiger partial charge is 0.269 e. The molecule has 3 aromatic rings. The molecule has 5 nitrogen and oxygen atoms in total. The zero-order valence-electron chi connectivity index (χ0n) is 15.2. The fourth-order valence-corrected chi connectivity index (χ4v) is 4.21. The number of para-hydroxylation sites is 1. The van der Waals surface area contributed by atoms with Crippen LogP contribution in [0.25, 0.3) is 11.1 Å². The number of carbonyl (C=O) groups excluding carboxylic acids is 1. The molecule has 3 heterocycles. The SMILES string of the molecule is CN1c2ccccc2C2C1C=C(C#N)C(=O)N2c1ccc(-c2ccoc2)cc1. The number of fused-ring (bicyclic) bond motifs is 3. The fourth-order valence-electron chi connectivity index (χ4n) is 4.21. The van der Waals surface area contributed by atoms with E-state index in [1.165, 1.54) is 0 Å². The number of furan rings is 1. The molecule has 2 unspecified atom stereocenters. The standard InChI is InChI=1S/C23H17N3O2/c1-25-20-5-3-2-4-19(20)22-21(25)12-17(13-24)23(27)26(22)18-8-6-15(7-9-18)16-10-11-28-14-16/h2-12,14,21-22H,1H3. The average Bonchev–Trinajstić information content (AvgIpc) is 3.36. The van der Waals surface area contributed by atoms with Gasteiger partial charge in [-0.05, 0) is 35.9 Å². The molecule has 0 spiro atoms. The minimum Gasteiger partial charge on any atom is -0.472 e. The van der Waals surface area contributed by atoms with Crippen molar-refractivity contribution in [3.63, 3.8) is 0 Å². The quantitative estimate of drug-likeness (QED) is 0.677. The predicted molar refractivity (Wildman–Crippen MR) is 107 cm³/mol. The molecular formula is C23H17N3O2. The van der Waals surface area contributed by atoms with Gasteiger partial charge in [-0.15, -0.1) is 0 Å². The summed E-state index contributed by atoms with van der Waals surface area (Å²) >= 11 is 0. The lowest BCUT2D eigenvalue weighted by Gasteiger charge is -2.37. The number of hydrogen-bond donors (Lipinski definition) is 0. The van der Waals surface area contributed by atoms with Crippen LogP contribution >= 0.6 is 0 Å². The van der Waals surface area contributed by atoms with Gasteiger partial charge in [-0.1, -0.05) is 30.3 Å². The Hall–Kier alpha value is -3.78. The molecular weight excluding hydrogens is 350 g/mol. The first kappa shape index (κ1) is 16.4. The molecule has 28 heavy (non-hydrogen) atoms. The number of benzene rings is 2. The van der Waals surface area contributed by atoms with Crippen LogP contribution in [0.4, 0.5) is 11.4 Å². The summed E-state index contributed by atoms with van der Waals surface area (Å²) < 4.78 is 5.16. The summed E-state index contributed by atoms with van der Waals surface area (Å²) in [5.74, 6) is -0.259. The number of amides is 1. The van der Waals surface area contributed by atoms with E-state index in [2.05, 4.69) is 23.1 Å². The van der Waals surface area contributed by atoms with Crippen LogP contribution in [-0.2, 0) is 4.79 Å². The molecule has 1 aromatic heterocycles. The van der Waals surface area contributed by atoms with E-state index in [-0.39, 0.29) is 23.6 Å². The molecule has 0 fully saturated rings. The third-order valence-electron chi connectivity index (χ3n) is 5.59. The summed E-state index contributed by atoms with van der Waals surface area (Å²) in [7, 11) is 2.00. The topological polar surface area (TPSA) is 60.5 Å². The van der Waals surface area contributed by atoms with Crippen LogP contribution in [0.2, 0.25) is 0 Å². The minimum atomic E-state index is -0.259. The Bertz CT molecular complexity index is 1120. The van der Waals surface area contributed by atoms with Gasteiger partial charge in [-0.2, -0.15) is 5.26 Å². The van der Waals surface area contributed by atoms with Gasteiger partial charge in [-0.3, -0.25) is 9.69 Å². The normalized spacial score (nSPS) is 20.4. The van der Waals surface area contributed by atoms with Gasteiger partial charge in [0.25, 0.3) is 5.91 Å². The lowest BCUT2D eigenvalue weighted by molar-refractivity contribution is -0.115. The van der Waals surface area contributed by atoms with Gasteiger partial charge in [0.2, 0.25) is 0 Å². The second-order valence-electron chi connectivity index (χ2n) is 7.03. The summed E-state index contributed by atoms with van der Waals surface area (Å²) in [6.45, 7) is 0. The van der Waals surface area contributed by atoms with E-state index in [1.807, 2.05) is 49.5 Å². The number of hydrogen-bond acceptors (Lipinski definition) is 4. The first-order valence-corrected chi connectivity index (χ1v) is 9.09. The van der Waals surface area contributed by atoms with Crippen LogP contribution in [0.15, 0.2) is 83.2 Å². The number of nitriles is 1. The molecule has 2 atom stereocenters. The Morgan fingerprint density at radius 1 is 1.04 bits per heavy atom. The minimum absolute atomic E-state index is 0.0710. The van der Waals surface area contributed by atoms with Crippen molar-refractivity contribution in [1.29, 1.82) is 5.26 Å². The van der Waals surface area contributed by atoms with Crippen LogP contribution in [0.5, 0.6) is 0 Å². The van der Waals surface area contributed by atoms with Crippen LogP contribution < -0.4 is 9.80 Å². The third-order valence-corrected chi connectivity index (χ3v) is 5.59. The molecule has 2 aliphatic rings. The Balaban J connectivity index is 1.62. The van der Waals surface area contributed by atoms with Crippen molar-refractivity contribution in [1.82, 2.24) is 0 Å². The van der Waals surface area contributed by atoms with E-state index in [1.54, 1.807) is 23.5 Å². The van der Waals surface area contributed by atoms with Gasteiger partial charge < -0.3 is 9.32 Å². The molecule has 136 valence electrons. The Labute approximate surface area is 162 Å². The van der Waals surface area contributed by atoms with Crippen LogP contribution in [0, 0.1) is 11.3 Å². The van der Waals surface area contributed by atoms with Crippen molar-refractivity contribution in [3.05, 3.63) is 84.3 Å². The monoisotopic (exact) mass is 367 g/mol. The maximum Gasteiger partial charge on any atom is 0.269 e. The molecule has 0 saturated heterocycles. The van der Waals surface area contributed by atoms with Gasteiger partial charge in [0, 0.05) is 29.5 Å².